The van der Waals surface area contributed by atoms with Gasteiger partial charge in [-0.3, -0.25) is 4.98 Å². The second-order valence-corrected chi connectivity index (χ2v) is 6.35. The molecule has 3 rings (SSSR count). The standard InChI is InChI=1S/C12H11NO2.C6H13NO2/c1-2-4-12-11(3-1)14-8-9-7-13-6-5-10(9)15-12;1-6(2,3)9-5(8)7-4/h1,3,5-7H,2,4,8H2;1-4H3,(H,7,8). The number of alkyl carbamates (subject to hydrolysis) is 1. The summed E-state index contributed by atoms with van der Waals surface area (Å²) in [6, 6.07) is 1.88. The number of hydrogen-bond donors (Lipinski definition) is 1. The third kappa shape index (κ3) is 5.30. The minimum absolute atomic E-state index is 0.387. The van der Waals surface area contributed by atoms with Gasteiger partial charge in [0.1, 0.15) is 23.7 Å². The van der Waals surface area contributed by atoms with Crippen LogP contribution < -0.4 is 10.1 Å². The third-order valence-corrected chi connectivity index (χ3v) is 3.16. The molecule has 0 saturated heterocycles. The van der Waals surface area contributed by atoms with Gasteiger partial charge in [0.05, 0.1) is 5.56 Å². The first kappa shape index (κ1) is 17.8. The van der Waals surface area contributed by atoms with Crippen molar-refractivity contribution in [1.82, 2.24) is 10.3 Å². The van der Waals surface area contributed by atoms with Crippen LogP contribution >= 0.6 is 0 Å². The van der Waals surface area contributed by atoms with E-state index in [1.165, 1.54) is 7.05 Å². The molecule has 6 nitrogen and oxygen atoms in total. The molecule has 1 aromatic heterocycles. The zero-order valence-electron chi connectivity index (χ0n) is 14.6. The number of carbonyl (C=O) groups excluding carboxylic acids is 1. The lowest BCUT2D eigenvalue weighted by Gasteiger charge is -2.18. The first-order valence-electron chi connectivity index (χ1n) is 7.93. The molecule has 1 aliphatic carbocycles. The maximum atomic E-state index is 10.5. The molecular weight excluding hydrogens is 308 g/mol. The summed E-state index contributed by atoms with van der Waals surface area (Å²) in [5.41, 5.74) is 0.611. The average Bonchev–Trinajstić information content (AvgIpc) is 2.73. The summed E-state index contributed by atoms with van der Waals surface area (Å²) in [6.07, 6.45) is 9.16. The molecule has 1 aromatic rings. The topological polar surface area (TPSA) is 69.7 Å². The van der Waals surface area contributed by atoms with Crippen molar-refractivity contribution in [1.29, 1.82) is 0 Å². The normalized spacial score (nSPS) is 15.5. The van der Waals surface area contributed by atoms with E-state index in [1.54, 1.807) is 12.4 Å². The lowest BCUT2D eigenvalue weighted by atomic mass is 10.1. The second kappa shape index (κ2) is 7.86. The van der Waals surface area contributed by atoms with Gasteiger partial charge in [-0.2, -0.15) is 0 Å². The number of hydrogen-bond acceptors (Lipinski definition) is 5. The van der Waals surface area contributed by atoms with Crippen molar-refractivity contribution in [2.24, 2.45) is 0 Å². The molecule has 6 heteroatoms. The minimum atomic E-state index is -0.389. The molecule has 0 aromatic carbocycles. The van der Waals surface area contributed by atoms with E-state index in [4.69, 9.17) is 14.2 Å². The highest BCUT2D eigenvalue weighted by Gasteiger charge is 2.18. The van der Waals surface area contributed by atoms with Crippen molar-refractivity contribution >= 4 is 6.09 Å². The van der Waals surface area contributed by atoms with Crippen molar-refractivity contribution in [3.63, 3.8) is 0 Å². The Hall–Kier alpha value is -2.50. The van der Waals surface area contributed by atoms with Crippen LogP contribution in [-0.2, 0) is 16.1 Å². The summed E-state index contributed by atoms with van der Waals surface area (Å²) in [7, 11) is 1.54. The Bertz CT molecular complexity index is 645. The van der Waals surface area contributed by atoms with Crippen LogP contribution in [0, 0.1) is 0 Å². The molecule has 2 aliphatic rings. The number of aromatic nitrogens is 1. The largest absolute Gasteiger partial charge is 0.485 e. The van der Waals surface area contributed by atoms with Gasteiger partial charge in [-0.05, 0) is 39.3 Å². The van der Waals surface area contributed by atoms with Gasteiger partial charge in [-0.25, -0.2) is 4.79 Å². The number of amides is 1. The Balaban J connectivity index is 0.000000202. The Morgan fingerprint density at radius 1 is 1.38 bits per heavy atom. The van der Waals surface area contributed by atoms with Crippen molar-refractivity contribution in [3.05, 3.63) is 47.7 Å². The van der Waals surface area contributed by atoms with Gasteiger partial charge in [0, 0.05) is 25.9 Å². The smallest absolute Gasteiger partial charge is 0.407 e. The van der Waals surface area contributed by atoms with Crippen molar-refractivity contribution in [3.8, 4) is 5.75 Å². The number of pyridine rings is 1. The quantitative estimate of drug-likeness (QED) is 0.784. The highest BCUT2D eigenvalue weighted by Crippen LogP contribution is 2.30. The molecule has 130 valence electrons. The Kier molecular flexibility index (Phi) is 5.84. The molecule has 1 amide bonds. The van der Waals surface area contributed by atoms with E-state index in [0.29, 0.717) is 6.61 Å². The van der Waals surface area contributed by atoms with Gasteiger partial charge < -0.3 is 19.5 Å². The van der Waals surface area contributed by atoms with E-state index in [0.717, 1.165) is 35.7 Å². The number of nitrogens with one attached hydrogen (secondary N) is 1. The van der Waals surface area contributed by atoms with Gasteiger partial charge in [-0.1, -0.05) is 6.08 Å². The minimum Gasteiger partial charge on any atom is -0.485 e. The van der Waals surface area contributed by atoms with Crippen LogP contribution in [0.5, 0.6) is 5.75 Å². The van der Waals surface area contributed by atoms with Crippen LogP contribution in [-0.4, -0.2) is 23.7 Å². The summed E-state index contributed by atoms with van der Waals surface area (Å²) in [6.45, 7) is 6.00. The summed E-state index contributed by atoms with van der Waals surface area (Å²) >= 11 is 0. The number of fused-ring (bicyclic) bond motifs is 1. The number of rotatable bonds is 0. The Morgan fingerprint density at radius 3 is 2.83 bits per heavy atom. The lowest BCUT2D eigenvalue weighted by Crippen LogP contribution is -2.30. The molecule has 0 atom stereocenters. The fraction of sp³-hybridized carbons (Fsp3) is 0.444. The van der Waals surface area contributed by atoms with Crippen molar-refractivity contribution in [2.75, 3.05) is 7.05 Å². The van der Waals surface area contributed by atoms with Gasteiger partial charge >= 0.3 is 6.09 Å². The predicted octanol–water partition coefficient (Wildman–Crippen LogP) is 3.69. The van der Waals surface area contributed by atoms with E-state index in [9.17, 15) is 4.79 Å². The van der Waals surface area contributed by atoms with E-state index in [2.05, 4.69) is 16.4 Å². The monoisotopic (exact) mass is 332 g/mol. The van der Waals surface area contributed by atoms with Crippen LogP contribution in [0.25, 0.3) is 0 Å². The van der Waals surface area contributed by atoms with Crippen LogP contribution in [0.1, 0.15) is 39.2 Å². The fourth-order valence-corrected chi connectivity index (χ4v) is 2.09. The average molecular weight is 332 g/mol. The zero-order chi connectivity index (χ0) is 17.6. The molecule has 1 aliphatic heterocycles. The molecule has 24 heavy (non-hydrogen) atoms. The second-order valence-electron chi connectivity index (χ2n) is 6.35. The van der Waals surface area contributed by atoms with Gasteiger partial charge in [0.25, 0.3) is 0 Å². The van der Waals surface area contributed by atoms with Crippen LogP contribution in [0.15, 0.2) is 42.1 Å². The maximum absolute atomic E-state index is 10.5. The molecule has 2 heterocycles. The number of nitrogens with zero attached hydrogens (tertiary/aromatic N) is 1. The van der Waals surface area contributed by atoms with E-state index in [1.807, 2.05) is 32.9 Å². The van der Waals surface area contributed by atoms with Crippen LogP contribution in [0.3, 0.4) is 0 Å². The summed E-state index contributed by atoms with van der Waals surface area (Å²) < 4.78 is 16.3. The van der Waals surface area contributed by atoms with Gasteiger partial charge in [0.15, 0.2) is 5.76 Å². The molecule has 0 fully saturated rings. The maximum Gasteiger partial charge on any atom is 0.407 e. The molecule has 0 saturated carbocycles. The van der Waals surface area contributed by atoms with Gasteiger partial charge in [-0.15, -0.1) is 0 Å². The van der Waals surface area contributed by atoms with Crippen molar-refractivity contribution < 1.29 is 19.0 Å². The molecule has 1 N–H and O–H groups in total. The number of allylic oxidation sites excluding steroid dienone is 3. The summed E-state index contributed by atoms with van der Waals surface area (Å²) in [4.78, 5) is 14.6. The van der Waals surface area contributed by atoms with Crippen molar-refractivity contribution in [2.45, 2.75) is 45.8 Å². The molecular formula is C18H24N2O4. The Morgan fingerprint density at radius 2 is 2.17 bits per heavy atom. The van der Waals surface area contributed by atoms with E-state index in [-0.39, 0.29) is 11.7 Å². The highest BCUT2D eigenvalue weighted by molar-refractivity contribution is 5.67. The third-order valence-electron chi connectivity index (χ3n) is 3.16. The molecule has 0 unspecified atom stereocenters. The summed E-state index contributed by atoms with van der Waals surface area (Å²) in [5, 5.41) is 2.36. The highest BCUT2D eigenvalue weighted by atomic mass is 16.6. The van der Waals surface area contributed by atoms with E-state index < -0.39 is 0 Å². The van der Waals surface area contributed by atoms with Crippen LogP contribution in [0.2, 0.25) is 0 Å². The van der Waals surface area contributed by atoms with E-state index >= 15 is 0 Å². The van der Waals surface area contributed by atoms with Crippen LogP contribution in [0.4, 0.5) is 4.79 Å². The SMILES string of the molecule is C1=CC2=C(CC1)Oc1ccncc1CO2.CNC(=O)OC(C)(C)C. The summed E-state index contributed by atoms with van der Waals surface area (Å²) in [5.74, 6) is 2.66. The number of carbonyl (C=O) groups is 1. The lowest BCUT2D eigenvalue weighted by molar-refractivity contribution is 0.0541. The fourth-order valence-electron chi connectivity index (χ4n) is 2.09. The number of ether oxygens (including phenoxy) is 3. The first-order valence-corrected chi connectivity index (χ1v) is 7.93. The van der Waals surface area contributed by atoms with Gasteiger partial charge in [0.2, 0.25) is 0 Å². The predicted molar refractivity (Wildman–Crippen MR) is 90.3 cm³/mol. The zero-order valence-corrected chi connectivity index (χ0v) is 14.6. The Labute approximate surface area is 142 Å². The molecule has 0 bridgehead atoms. The molecule has 0 spiro atoms. The molecule has 0 radical (unpaired) electrons. The first-order chi connectivity index (χ1) is 11.4.